The van der Waals surface area contributed by atoms with E-state index < -0.39 is 21.6 Å². The lowest BCUT2D eigenvalue weighted by Gasteiger charge is -2.24. The highest BCUT2D eigenvalue weighted by Crippen LogP contribution is 2.46. The van der Waals surface area contributed by atoms with Crippen LogP contribution in [0.5, 0.6) is 0 Å². The number of benzene rings is 2. The minimum absolute atomic E-state index is 0.0477. The minimum atomic E-state index is -3.81. The van der Waals surface area contributed by atoms with Crippen molar-refractivity contribution in [2.75, 3.05) is 5.32 Å². The Kier molecular flexibility index (Phi) is 4.89. The molecule has 0 aliphatic carbocycles. The molecule has 1 aliphatic rings. The fraction of sp³-hybridized carbons (Fsp3) is 0.150. The maximum absolute atomic E-state index is 14.5. The molecule has 144 valence electrons. The minimum Gasteiger partial charge on any atom is -0.324 e. The number of thiophene rings is 1. The SMILES string of the molecule is Cc1cccc(S(=O)(=O)c2csc3c2NC(=O)C[C@@H]3c2cc(Br)ccc2F)c1. The van der Waals surface area contributed by atoms with Crippen molar-refractivity contribution < 1.29 is 17.6 Å². The first-order valence-corrected chi connectivity index (χ1v) is 11.6. The number of rotatable bonds is 3. The van der Waals surface area contributed by atoms with E-state index in [0.29, 0.717) is 14.9 Å². The fourth-order valence-corrected chi connectivity index (χ4v) is 6.73. The van der Waals surface area contributed by atoms with E-state index in [-0.39, 0.29) is 27.8 Å². The van der Waals surface area contributed by atoms with Gasteiger partial charge in [-0.3, -0.25) is 4.79 Å². The predicted octanol–water partition coefficient (Wildman–Crippen LogP) is 5.27. The standard InChI is InChI=1S/C20H15BrFNO3S2/c1-11-3-2-4-13(7-11)28(25,26)17-10-27-20-15(9-18(24)23-19(17)20)14-8-12(21)5-6-16(14)22/h2-8,10,15H,9H2,1H3,(H,23,24)/t15-/m1/s1. The molecule has 1 aromatic heterocycles. The second kappa shape index (κ2) is 7.09. The monoisotopic (exact) mass is 479 g/mol. The molecule has 0 saturated heterocycles. The van der Waals surface area contributed by atoms with E-state index in [1.807, 2.05) is 13.0 Å². The summed E-state index contributed by atoms with van der Waals surface area (Å²) in [6.07, 6.45) is 0.0603. The first kappa shape index (κ1) is 19.3. The summed E-state index contributed by atoms with van der Waals surface area (Å²) in [5, 5.41) is 4.22. The van der Waals surface area contributed by atoms with Crippen LogP contribution in [-0.4, -0.2) is 14.3 Å². The van der Waals surface area contributed by atoms with E-state index in [9.17, 15) is 17.6 Å². The highest BCUT2D eigenvalue weighted by molar-refractivity contribution is 9.10. The topological polar surface area (TPSA) is 63.2 Å². The molecule has 1 N–H and O–H groups in total. The number of fused-ring (bicyclic) bond motifs is 1. The van der Waals surface area contributed by atoms with E-state index >= 15 is 0 Å². The molecule has 4 rings (SSSR count). The molecule has 1 amide bonds. The summed E-state index contributed by atoms with van der Waals surface area (Å²) in [7, 11) is -3.81. The third kappa shape index (κ3) is 3.29. The molecule has 4 nitrogen and oxygen atoms in total. The maximum Gasteiger partial charge on any atom is 0.225 e. The van der Waals surface area contributed by atoms with Gasteiger partial charge in [0.2, 0.25) is 15.7 Å². The molecule has 1 aliphatic heterocycles. The second-order valence-corrected chi connectivity index (χ2v) is 10.4. The van der Waals surface area contributed by atoms with E-state index in [4.69, 9.17) is 0 Å². The number of carbonyl (C=O) groups excluding carboxylic acids is 1. The number of aryl methyl sites for hydroxylation is 1. The van der Waals surface area contributed by atoms with Gasteiger partial charge < -0.3 is 5.32 Å². The summed E-state index contributed by atoms with van der Waals surface area (Å²) in [5.74, 6) is -1.30. The van der Waals surface area contributed by atoms with Gasteiger partial charge in [-0.1, -0.05) is 28.1 Å². The Morgan fingerprint density at radius 1 is 1.21 bits per heavy atom. The van der Waals surface area contributed by atoms with Gasteiger partial charge in [-0.25, -0.2) is 12.8 Å². The number of amides is 1. The lowest BCUT2D eigenvalue weighted by Crippen LogP contribution is -2.24. The van der Waals surface area contributed by atoms with Crippen LogP contribution >= 0.6 is 27.3 Å². The van der Waals surface area contributed by atoms with Gasteiger partial charge in [0.05, 0.1) is 10.6 Å². The second-order valence-electron chi connectivity index (χ2n) is 6.63. The van der Waals surface area contributed by atoms with E-state index in [1.54, 1.807) is 24.3 Å². The number of anilines is 1. The fourth-order valence-electron chi connectivity index (χ4n) is 3.34. The van der Waals surface area contributed by atoms with Gasteiger partial charge in [-0.05, 0) is 48.4 Å². The summed E-state index contributed by atoms with van der Waals surface area (Å²) in [4.78, 5) is 13.2. The lowest BCUT2D eigenvalue weighted by molar-refractivity contribution is -0.116. The molecule has 0 radical (unpaired) electrons. The Labute approximate surface area is 174 Å². The van der Waals surface area contributed by atoms with Crippen LogP contribution in [0.15, 0.2) is 62.1 Å². The molecule has 28 heavy (non-hydrogen) atoms. The third-order valence-electron chi connectivity index (χ3n) is 4.68. The Morgan fingerprint density at radius 3 is 2.75 bits per heavy atom. The molecule has 2 heterocycles. The quantitative estimate of drug-likeness (QED) is 0.556. The van der Waals surface area contributed by atoms with Gasteiger partial charge in [-0.2, -0.15) is 0 Å². The molecule has 0 spiro atoms. The van der Waals surface area contributed by atoms with Crippen molar-refractivity contribution in [2.24, 2.45) is 0 Å². The molecular weight excluding hydrogens is 465 g/mol. The molecule has 0 unspecified atom stereocenters. The normalized spacial score (nSPS) is 16.5. The molecule has 0 bridgehead atoms. The van der Waals surface area contributed by atoms with Crippen LogP contribution in [0.1, 0.15) is 28.3 Å². The van der Waals surface area contributed by atoms with Crippen molar-refractivity contribution in [3.63, 3.8) is 0 Å². The van der Waals surface area contributed by atoms with E-state index in [0.717, 1.165) is 5.56 Å². The number of nitrogens with one attached hydrogen (secondary N) is 1. The molecule has 0 fully saturated rings. The van der Waals surface area contributed by atoms with Gasteiger partial charge in [0.15, 0.2) is 0 Å². The summed E-state index contributed by atoms with van der Waals surface area (Å²) >= 11 is 4.55. The first-order valence-electron chi connectivity index (χ1n) is 8.45. The van der Waals surface area contributed by atoms with Crippen LogP contribution in [0.3, 0.4) is 0 Å². The Bertz CT molecular complexity index is 1200. The van der Waals surface area contributed by atoms with Gasteiger partial charge in [0, 0.05) is 27.1 Å². The van der Waals surface area contributed by atoms with Crippen molar-refractivity contribution in [3.05, 3.63) is 74.1 Å². The van der Waals surface area contributed by atoms with Crippen LogP contribution in [0.25, 0.3) is 0 Å². The third-order valence-corrected chi connectivity index (χ3v) is 8.19. The maximum atomic E-state index is 14.5. The summed E-state index contributed by atoms with van der Waals surface area (Å²) in [5.41, 5.74) is 1.45. The number of hydrogen-bond donors (Lipinski definition) is 1. The average Bonchev–Trinajstić information content (AvgIpc) is 3.07. The number of carbonyl (C=O) groups is 1. The van der Waals surface area contributed by atoms with Gasteiger partial charge >= 0.3 is 0 Å². The number of halogens is 2. The lowest BCUT2D eigenvalue weighted by atomic mass is 9.90. The van der Waals surface area contributed by atoms with Gasteiger partial charge in [0.1, 0.15) is 10.7 Å². The molecule has 0 saturated carbocycles. The number of sulfone groups is 1. The Morgan fingerprint density at radius 2 is 2.00 bits per heavy atom. The molecule has 3 aromatic rings. The van der Waals surface area contributed by atoms with Crippen molar-refractivity contribution in [1.29, 1.82) is 0 Å². The molecular formula is C20H15BrFNO3S2. The summed E-state index contributed by atoms with van der Waals surface area (Å²) in [6.45, 7) is 1.82. The highest BCUT2D eigenvalue weighted by atomic mass is 79.9. The van der Waals surface area contributed by atoms with Crippen molar-refractivity contribution in [1.82, 2.24) is 0 Å². The van der Waals surface area contributed by atoms with E-state index in [1.165, 1.54) is 28.8 Å². The van der Waals surface area contributed by atoms with Crippen molar-refractivity contribution in [3.8, 4) is 0 Å². The van der Waals surface area contributed by atoms with Crippen LogP contribution in [0, 0.1) is 12.7 Å². The molecule has 8 heteroatoms. The van der Waals surface area contributed by atoms with Crippen molar-refractivity contribution >= 4 is 48.7 Å². The predicted molar refractivity (Wildman–Crippen MR) is 110 cm³/mol. The van der Waals surface area contributed by atoms with E-state index in [2.05, 4.69) is 21.2 Å². The first-order chi connectivity index (χ1) is 13.3. The Hall–Kier alpha value is -2.03. The zero-order valence-electron chi connectivity index (χ0n) is 14.7. The van der Waals surface area contributed by atoms with Crippen molar-refractivity contribution in [2.45, 2.75) is 29.1 Å². The zero-order chi connectivity index (χ0) is 20.1. The van der Waals surface area contributed by atoms with Crippen LogP contribution in [-0.2, 0) is 14.6 Å². The van der Waals surface area contributed by atoms with Gasteiger partial charge in [-0.15, -0.1) is 11.3 Å². The van der Waals surface area contributed by atoms with Crippen LogP contribution < -0.4 is 5.32 Å². The molecule has 2 aromatic carbocycles. The average molecular weight is 480 g/mol. The summed E-state index contributed by atoms with van der Waals surface area (Å²) < 4.78 is 41.5. The smallest absolute Gasteiger partial charge is 0.225 e. The van der Waals surface area contributed by atoms with Crippen LogP contribution in [0.2, 0.25) is 0 Å². The molecule has 1 atom stereocenters. The number of hydrogen-bond acceptors (Lipinski definition) is 4. The highest BCUT2D eigenvalue weighted by Gasteiger charge is 2.35. The van der Waals surface area contributed by atoms with Gasteiger partial charge in [0.25, 0.3) is 0 Å². The largest absolute Gasteiger partial charge is 0.324 e. The van der Waals surface area contributed by atoms with Crippen LogP contribution in [0.4, 0.5) is 10.1 Å². The summed E-state index contributed by atoms with van der Waals surface area (Å²) in [6, 6.07) is 11.2. The zero-order valence-corrected chi connectivity index (χ0v) is 17.9. The Balaban J connectivity index is 1.87.